The average Bonchev–Trinajstić information content (AvgIpc) is 3.44. The molecule has 10 heteroatoms. The summed E-state index contributed by atoms with van der Waals surface area (Å²) in [5.41, 5.74) is 3.03. The largest absolute Gasteiger partial charge is 0.416 e. The molecule has 1 amide bonds. The Kier molecular flexibility index (Phi) is 7.00. The molecule has 2 saturated heterocycles. The minimum atomic E-state index is -4.35. The number of anilines is 1. The van der Waals surface area contributed by atoms with E-state index in [1.54, 1.807) is 6.07 Å². The molecule has 5 rings (SSSR count). The van der Waals surface area contributed by atoms with Gasteiger partial charge in [-0.25, -0.2) is 0 Å². The van der Waals surface area contributed by atoms with Crippen LogP contribution in [0.5, 0.6) is 0 Å². The first-order valence-corrected chi connectivity index (χ1v) is 12.8. The molecule has 0 saturated carbocycles. The highest BCUT2D eigenvalue weighted by Gasteiger charge is 2.34. The molecule has 0 radical (unpaired) electrons. The molecular formula is C26H34F3N5O2. The molecule has 196 valence electrons. The highest BCUT2D eigenvalue weighted by molar-refractivity contribution is 5.78. The Labute approximate surface area is 209 Å². The maximum Gasteiger partial charge on any atom is 0.416 e. The minimum Gasteiger partial charge on any atom is -0.367 e. The molecule has 1 aromatic heterocycles. The van der Waals surface area contributed by atoms with E-state index in [0.29, 0.717) is 31.1 Å². The van der Waals surface area contributed by atoms with Gasteiger partial charge in [0.1, 0.15) is 11.4 Å². The molecule has 2 aromatic rings. The average molecular weight is 506 g/mol. The first-order valence-electron chi connectivity index (χ1n) is 12.8. The van der Waals surface area contributed by atoms with Crippen LogP contribution in [-0.2, 0) is 23.9 Å². The molecule has 1 atom stereocenters. The van der Waals surface area contributed by atoms with E-state index in [-0.39, 0.29) is 18.5 Å². The number of likely N-dealkylation sites (tertiary alicyclic amines) is 1. The zero-order valence-electron chi connectivity index (χ0n) is 20.9. The maximum atomic E-state index is 13.1. The number of nitrogens with zero attached hydrogens (tertiary/aromatic N) is 4. The summed E-state index contributed by atoms with van der Waals surface area (Å²) in [6.07, 6.45) is -0.637. The number of benzene rings is 1. The molecule has 1 unspecified atom stereocenters. The number of carbonyl (C=O) groups excluding carboxylic acids is 1. The number of amides is 1. The van der Waals surface area contributed by atoms with E-state index in [9.17, 15) is 18.0 Å². The Hall–Kier alpha value is -2.59. The summed E-state index contributed by atoms with van der Waals surface area (Å²) < 4.78 is 44.6. The molecule has 0 aliphatic carbocycles. The van der Waals surface area contributed by atoms with Crippen LogP contribution in [-0.4, -0.2) is 72.2 Å². The van der Waals surface area contributed by atoms with E-state index in [1.807, 2.05) is 18.7 Å². The van der Waals surface area contributed by atoms with Crippen LogP contribution in [0.25, 0.3) is 0 Å². The normalized spacial score (nSPS) is 22.1. The Morgan fingerprint density at radius 2 is 1.89 bits per heavy atom. The molecular weight excluding hydrogens is 471 g/mol. The molecule has 7 nitrogen and oxygen atoms in total. The van der Waals surface area contributed by atoms with Crippen LogP contribution in [0.1, 0.15) is 47.4 Å². The summed E-state index contributed by atoms with van der Waals surface area (Å²) in [5, 5.41) is 7.24. The van der Waals surface area contributed by atoms with Crippen LogP contribution in [0.3, 0.4) is 0 Å². The molecule has 3 aliphatic rings. The first kappa shape index (κ1) is 25.1. The molecule has 4 heterocycles. The Morgan fingerprint density at radius 1 is 1.11 bits per heavy atom. The van der Waals surface area contributed by atoms with Crippen molar-refractivity contribution in [2.45, 2.75) is 64.3 Å². The predicted molar refractivity (Wildman–Crippen MR) is 130 cm³/mol. The number of alkyl halides is 3. The summed E-state index contributed by atoms with van der Waals surface area (Å²) >= 11 is 0. The lowest BCUT2D eigenvalue weighted by molar-refractivity contribution is -0.137. The van der Waals surface area contributed by atoms with Gasteiger partial charge < -0.3 is 14.7 Å². The van der Waals surface area contributed by atoms with Crippen molar-refractivity contribution in [3.8, 4) is 0 Å². The van der Waals surface area contributed by atoms with E-state index in [4.69, 9.17) is 4.52 Å². The highest BCUT2D eigenvalue weighted by atomic mass is 19.4. The fraction of sp³-hybridized carbons (Fsp3) is 0.615. The maximum absolute atomic E-state index is 13.1. The Bertz CT molecular complexity index is 1070. The third-order valence-corrected chi connectivity index (χ3v) is 7.87. The monoisotopic (exact) mass is 505 g/mol. The van der Waals surface area contributed by atoms with Gasteiger partial charge in [0.25, 0.3) is 0 Å². The quantitative estimate of drug-likeness (QED) is 0.671. The van der Waals surface area contributed by atoms with Gasteiger partial charge in [-0.2, -0.15) is 13.2 Å². The third kappa shape index (κ3) is 5.39. The minimum absolute atomic E-state index is 0.0505. The van der Waals surface area contributed by atoms with Gasteiger partial charge in [-0.3, -0.25) is 14.6 Å². The van der Waals surface area contributed by atoms with E-state index >= 15 is 0 Å². The van der Waals surface area contributed by atoms with Crippen molar-refractivity contribution in [1.29, 1.82) is 0 Å². The summed E-state index contributed by atoms with van der Waals surface area (Å²) in [4.78, 5) is 19.5. The number of rotatable bonds is 5. The molecule has 2 fully saturated rings. The van der Waals surface area contributed by atoms with Crippen LogP contribution < -0.4 is 10.2 Å². The second-order valence-electron chi connectivity index (χ2n) is 10.4. The van der Waals surface area contributed by atoms with Crippen molar-refractivity contribution in [3.05, 3.63) is 46.3 Å². The Balaban J connectivity index is 1.08. The summed E-state index contributed by atoms with van der Waals surface area (Å²) in [5.74, 6) is 0.818. The number of nitrogens with one attached hydrogen (secondary N) is 1. The number of hydrogen-bond acceptors (Lipinski definition) is 6. The molecule has 1 aromatic carbocycles. The predicted octanol–water partition coefficient (Wildman–Crippen LogP) is 3.53. The van der Waals surface area contributed by atoms with Gasteiger partial charge >= 0.3 is 6.18 Å². The third-order valence-electron chi connectivity index (χ3n) is 7.87. The van der Waals surface area contributed by atoms with Crippen LogP contribution in [0.4, 0.5) is 18.9 Å². The highest BCUT2D eigenvalue weighted by Crippen LogP contribution is 2.32. The van der Waals surface area contributed by atoms with Gasteiger partial charge in [0, 0.05) is 51.4 Å². The summed E-state index contributed by atoms with van der Waals surface area (Å²) in [6, 6.07) is 4.57. The van der Waals surface area contributed by atoms with Crippen LogP contribution in [0.2, 0.25) is 0 Å². The smallest absolute Gasteiger partial charge is 0.367 e. The van der Waals surface area contributed by atoms with Gasteiger partial charge in [-0.15, -0.1) is 0 Å². The molecule has 0 bridgehead atoms. The lowest BCUT2D eigenvalue weighted by Gasteiger charge is -2.37. The number of aromatic nitrogens is 1. The fourth-order valence-corrected chi connectivity index (χ4v) is 6.02. The molecule has 3 aliphatic heterocycles. The van der Waals surface area contributed by atoms with E-state index in [2.05, 4.69) is 20.3 Å². The van der Waals surface area contributed by atoms with Crippen molar-refractivity contribution in [3.63, 3.8) is 0 Å². The summed E-state index contributed by atoms with van der Waals surface area (Å²) in [6.45, 7) is 8.94. The van der Waals surface area contributed by atoms with Gasteiger partial charge in [0.15, 0.2) is 5.76 Å². The van der Waals surface area contributed by atoms with Crippen LogP contribution in [0, 0.1) is 13.8 Å². The number of aryl methyl sites for hydroxylation is 2. The SMILES string of the molecule is Cc1noc(C)c1N1CCC(N2CCC(NC(=O)CN3CCc4ccc(C(F)(F)F)cc4C3)C2)CC1. The number of hydrogen-bond donors (Lipinski definition) is 1. The van der Waals surface area contributed by atoms with Gasteiger partial charge in [-0.1, -0.05) is 11.2 Å². The van der Waals surface area contributed by atoms with Crippen molar-refractivity contribution in [2.24, 2.45) is 0 Å². The van der Waals surface area contributed by atoms with Crippen LogP contribution >= 0.6 is 0 Å². The molecule has 1 N–H and O–H groups in total. The Morgan fingerprint density at radius 3 is 2.58 bits per heavy atom. The van der Waals surface area contributed by atoms with E-state index in [1.165, 1.54) is 6.07 Å². The van der Waals surface area contributed by atoms with Gasteiger partial charge in [-0.05, 0) is 62.8 Å². The molecule has 36 heavy (non-hydrogen) atoms. The van der Waals surface area contributed by atoms with E-state index < -0.39 is 11.7 Å². The zero-order valence-corrected chi connectivity index (χ0v) is 20.9. The topological polar surface area (TPSA) is 64.9 Å². The number of fused-ring (bicyclic) bond motifs is 1. The lowest BCUT2D eigenvalue weighted by atomic mass is 9.97. The summed E-state index contributed by atoms with van der Waals surface area (Å²) in [7, 11) is 0. The lowest BCUT2D eigenvalue weighted by Crippen LogP contribution is -2.47. The van der Waals surface area contributed by atoms with Crippen molar-refractivity contribution in [1.82, 2.24) is 20.3 Å². The second kappa shape index (κ2) is 10.0. The number of carbonyl (C=O) groups is 1. The first-order chi connectivity index (χ1) is 17.2. The number of halogens is 3. The van der Waals surface area contributed by atoms with Crippen molar-refractivity contribution in [2.75, 3.05) is 44.2 Å². The van der Waals surface area contributed by atoms with Crippen LogP contribution in [0.15, 0.2) is 22.7 Å². The molecule has 0 spiro atoms. The van der Waals surface area contributed by atoms with Gasteiger partial charge in [0.2, 0.25) is 5.91 Å². The van der Waals surface area contributed by atoms with E-state index in [0.717, 1.165) is 74.2 Å². The fourth-order valence-electron chi connectivity index (χ4n) is 6.02. The van der Waals surface area contributed by atoms with Gasteiger partial charge in [0.05, 0.1) is 12.1 Å². The van der Waals surface area contributed by atoms with Crippen molar-refractivity contribution < 1.29 is 22.5 Å². The number of piperidine rings is 1. The van der Waals surface area contributed by atoms with Crippen molar-refractivity contribution >= 4 is 11.6 Å². The standard InChI is InChI=1S/C26H34F3N5O2/c1-17-25(18(2)36-31-17)33-11-7-23(8-12-33)34-10-6-22(15-34)30-24(35)16-32-9-5-19-3-4-21(26(27,28)29)13-20(19)14-32/h3-4,13,22-23H,5-12,14-16H2,1-2H3,(H,30,35). The zero-order chi connectivity index (χ0) is 25.4. The second-order valence-corrected chi connectivity index (χ2v) is 10.4.